The molecule has 0 amide bonds. The Balaban J connectivity index is 1.17. The van der Waals surface area contributed by atoms with Crippen molar-refractivity contribution in [2.45, 2.75) is 18.2 Å². The number of halogens is 2. The van der Waals surface area contributed by atoms with Gasteiger partial charge in [-0.15, -0.1) is 11.3 Å². The lowest BCUT2D eigenvalue weighted by atomic mass is 10.1. The number of hydrogen-bond acceptors (Lipinski definition) is 11. The first-order valence-corrected chi connectivity index (χ1v) is 17.6. The van der Waals surface area contributed by atoms with Gasteiger partial charge in [-0.2, -0.15) is 0 Å². The van der Waals surface area contributed by atoms with Gasteiger partial charge in [-0.25, -0.2) is 32.7 Å². The molecule has 3 heterocycles. The van der Waals surface area contributed by atoms with Crippen molar-refractivity contribution in [3.05, 3.63) is 112 Å². The zero-order valence-corrected chi connectivity index (χ0v) is 28.3. The number of nitrogens with one attached hydrogen (secondary N) is 1. The van der Waals surface area contributed by atoms with Crippen LogP contribution >= 0.6 is 22.9 Å². The van der Waals surface area contributed by atoms with Crippen LogP contribution in [0.3, 0.4) is 0 Å². The molecule has 0 fully saturated rings. The Morgan fingerprint density at radius 1 is 1.00 bits per heavy atom. The van der Waals surface area contributed by atoms with E-state index in [1.54, 1.807) is 43.5 Å². The smallest absolute Gasteiger partial charge is 0.196 e. The summed E-state index contributed by atoms with van der Waals surface area (Å²) in [6, 6.07) is 20.1. The second-order valence-electron chi connectivity index (χ2n) is 10.8. The second kappa shape index (κ2) is 14.6. The molecule has 0 atom stereocenters. The molecule has 0 saturated carbocycles. The quantitative estimate of drug-likeness (QED) is 0.132. The van der Waals surface area contributed by atoms with Crippen molar-refractivity contribution >= 4 is 55.2 Å². The van der Waals surface area contributed by atoms with E-state index in [4.69, 9.17) is 26.1 Å². The third kappa shape index (κ3) is 7.88. The van der Waals surface area contributed by atoms with E-state index in [-0.39, 0.29) is 23.2 Å². The molecule has 0 bridgehead atoms. The minimum atomic E-state index is -3.49. The number of hydrogen-bond donors (Lipinski definition) is 1. The zero-order chi connectivity index (χ0) is 33.7. The molecular weight excluding hydrogens is 675 g/mol. The summed E-state index contributed by atoms with van der Waals surface area (Å²) in [4.78, 5) is 19.7. The zero-order valence-electron chi connectivity index (χ0n) is 25.9. The molecule has 0 saturated heterocycles. The van der Waals surface area contributed by atoms with Gasteiger partial charge in [-0.3, -0.25) is 4.90 Å². The monoisotopic (exact) mass is 704 g/mol. The fourth-order valence-electron chi connectivity index (χ4n) is 4.90. The lowest BCUT2D eigenvalue weighted by molar-refractivity contribution is 0.306. The minimum absolute atomic E-state index is 0.0527. The Morgan fingerprint density at radius 2 is 1.88 bits per heavy atom. The van der Waals surface area contributed by atoms with E-state index in [1.165, 1.54) is 42.1 Å². The molecule has 246 valence electrons. The van der Waals surface area contributed by atoms with Gasteiger partial charge in [-0.1, -0.05) is 29.8 Å². The largest absolute Gasteiger partial charge is 0.496 e. The molecule has 0 aliphatic rings. The van der Waals surface area contributed by atoms with Crippen LogP contribution < -0.4 is 14.8 Å². The maximum atomic E-state index is 13.5. The first-order chi connectivity index (χ1) is 23.2. The van der Waals surface area contributed by atoms with Gasteiger partial charge in [-0.05, 0) is 61.1 Å². The number of pyridine rings is 1. The summed E-state index contributed by atoms with van der Waals surface area (Å²) in [7, 11) is -0.0416. The van der Waals surface area contributed by atoms with Crippen molar-refractivity contribution in [1.29, 1.82) is 0 Å². The molecule has 0 aliphatic heterocycles. The number of benzene rings is 3. The fourth-order valence-corrected chi connectivity index (χ4v) is 7.28. The highest BCUT2D eigenvalue weighted by Gasteiger charge is 2.19. The van der Waals surface area contributed by atoms with E-state index in [0.717, 1.165) is 16.0 Å². The van der Waals surface area contributed by atoms with E-state index in [1.807, 2.05) is 35.5 Å². The molecule has 0 spiro atoms. The lowest BCUT2D eigenvalue weighted by Crippen LogP contribution is -2.25. The van der Waals surface area contributed by atoms with E-state index in [0.29, 0.717) is 57.9 Å². The van der Waals surface area contributed by atoms with Crippen molar-refractivity contribution in [1.82, 2.24) is 24.8 Å². The highest BCUT2D eigenvalue weighted by molar-refractivity contribution is 7.91. The molecule has 10 nitrogen and oxygen atoms in total. The maximum absolute atomic E-state index is 13.5. The van der Waals surface area contributed by atoms with Gasteiger partial charge >= 0.3 is 0 Å². The van der Waals surface area contributed by atoms with E-state index < -0.39 is 9.84 Å². The molecule has 1 N–H and O–H groups in total. The van der Waals surface area contributed by atoms with Crippen molar-refractivity contribution in [3.63, 3.8) is 0 Å². The Kier molecular flexibility index (Phi) is 10.1. The van der Waals surface area contributed by atoms with Gasteiger partial charge < -0.3 is 14.8 Å². The van der Waals surface area contributed by atoms with Gasteiger partial charge in [0.05, 0.1) is 35.6 Å². The first-order valence-electron chi connectivity index (χ1n) is 14.7. The number of ether oxygens (including phenoxy) is 2. The van der Waals surface area contributed by atoms with Crippen molar-refractivity contribution in [2.75, 3.05) is 31.8 Å². The molecule has 3 aromatic carbocycles. The number of sulfone groups is 1. The number of thiazole rings is 1. The maximum Gasteiger partial charge on any atom is 0.196 e. The van der Waals surface area contributed by atoms with Crippen molar-refractivity contribution in [3.8, 4) is 22.8 Å². The van der Waals surface area contributed by atoms with Crippen LogP contribution in [0.1, 0.15) is 10.6 Å². The predicted octanol–water partition coefficient (Wildman–Crippen LogP) is 7.18. The molecule has 0 radical (unpaired) electrons. The van der Waals surface area contributed by atoms with Gasteiger partial charge in [0.25, 0.3) is 0 Å². The number of fused-ring (bicyclic) bond motifs is 1. The summed E-state index contributed by atoms with van der Waals surface area (Å²) in [6.07, 6.45) is 2.94. The molecule has 6 rings (SSSR count). The highest BCUT2D eigenvalue weighted by Crippen LogP contribution is 2.37. The summed E-state index contributed by atoms with van der Waals surface area (Å²) >= 11 is 8.01. The second-order valence-corrected chi connectivity index (χ2v) is 14.2. The average molecular weight is 705 g/mol. The molecule has 48 heavy (non-hydrogen) atoms. The Morgan fingerprint density at radius 3 is 2.65 bits per heavy atom. The van der Waals surface area contributed by atoms with Crippen LogP contribution in [0.4, 0.5) is 15.9 Å². The molecule has 6 aromatic rings. The van der Waals surface area contributed by atoms with Crippen LogP contribution in [0.15, 0.2) is 95.7 Å². The van der Waals surface area contributed by atoms with Crippen molar-refractivity contribution < 1.29 is 22.3 Å². The predicted molar refractivity (Wildman–Crippen MR) is 185 cm³/mol. The molecule has 0 aliphatic carbocycles. The van der Waals surface area contributed by atoms with E-state index in [2.05, 4.69) is 20.3 Å². The topological polar surface area (TPSA) is 119 Å². The molecular formula is C34H30ClFN6O4S2. The van der Waals surface area contributed by atoms with Gasteiger partial charge in [0.2, 0.25) is 0 Å². The van der Waals surface area contributed by atoms with Crippen LogP contribution in [-0.4, -0.2) is 59.7 Å². The summed E-state index contributed by atoms with van der Waals surface area (Å²) in [6.45, 7) is 0.967. The van der Waals surface area contributed by atoms with Crippen molar-refractivity contribution in [2.24, 2.45) is 0 Å². The molecule has 3 aromatic heterocycles. The van der Waals surface area contributed by atoms with Gasteiger partial charge in [0, 0.05) is 40.8 Å². The highest BCUT2D eigenvalue weighted by atomic mass is 35.5. The standard InChI is InChI=1S/C34H30ClFN6O4S2/c1-42(12-13-48(43,44)33-8-3-4-11-37-33)18-32-41-29(20-47-32)25-16-26-28(17-31(25)45-2)38-21-39-34(26)40-24-9-10-30(27(35)15-24)46-19-22-6-5-7-23(36)14-22/h3-11,14-17,20-21H,12-13,18-19H2,1-2H3,(H,38,39,40). The SMILES string of the molecule is COc1cc2ncnc(Nc3ccc(OCc4cccc(F)c4)c(Cl)c3)c2cc1-c1csc(CN(C)CCS(=O)(=O)c2ccccn2)n1. The fraction of sp³-hybridized carbons (Fsp3) is 0.176. The third-order valence-electron chi connectivity index (χ3n) is 7.37. The van der Waals surface area contributed by atoms with Crippen LogP contribution in [0.2, 0.25) is 5.02 Å². The molecule has 0 unspecified atom stereocenters. The van der Waals surface area contributed by atoms with Crippen LogP contribution in [-0.2, 0) is 23.0 Å². The van der Waals surface area contributed by atoms with Crippen LogP contribution in [0.25, 0.3) is 22.2 Å². The number of aromatic nitrogens is 4. The summed E-state index contributed by atoms with van der Waals surface area (Å²) in [5.74, 6) is 1.23. The van der Waals surface area contributed by atoms with Gasteiger partial charge in [0.1, 0.15) is 41.1 Å². The minimum Gasteiger partial charge on any atom is -0.496 e. The summed E-state index contributed by atoms with van der Waals surface area (Å²) in [5, 5.41) is 7.28. The number of rotatable bonds is 13. The first kappa shape index (κ1) is 33.2. The average Bonchev–Trinajstić information content (AvgIpc) is 3.55. The third-order valence-corrected chi connectivity index (χ3v) is 10.1. The van der Waals surface area contributed by atoms with Gasteiger partial charge in [0.15, 0.2) is 14.9 Å². The Hall–Kier alpha value is -4.69. The molecule has 14 heteroatoms. The number of methoxy groups -OCH3 is 1. The van der Waals surface area contributed by atoms with E-state index in [9.17, 15) is 12.8 Å². The van der Waals surface area contributed by atoms with Crippen LogP contribution in [0, 0.1) is 5.82 Å². The van der Waals surface area contributed by atoms with E-state index >= 15 is 0 Å². The Labute approximate surface area is 286 Å². The number of anilines is 2. The number of nitrogens with zero attached hydrogens (tertiary/aromatic N) is 5. The summed E-state index contributed by atoms with van der Waals surface area (Å²) < 4.78 is 50.4. The lowest BCUT2D eigenvalue weighted by Gasteiger charge is -2.15. The van der Waals surface area contributed by atoms with Crippen LogP contribution in [0.5, 0.6) is 11.5 Å². The summed E-state index contributed by atoms with van der Waals surface area (Å²) in [5.41, 5.74) is 3.50. The Bertz CT molecular complexity index is 2170. The normalized spacial score (nSPS) is 11.6.